The van der Waals surface area contributed by atoms with Crippen molar-refractivity contribution in [3.05, 3.63) is 11.6 Å². The predicted octanol–water partition coefficient (Wildman–Crippen LogP) is 6.01. The lowest BCUT2D eigenvalue weighted by Crippen LogP contribution is -2.51. The number of hydrogen-bond donors (Lipinski definition) is 0. The molecule has 3 heteroatoms. The number of fused-ring (bicyclic) bond motifs is 8. The Kier molecular flexibility index (Phi) is 4.81. The van der Waals surface area contributed by atoms with Crippen LogP contribution in [0.25, 0.3) is 0 Å². The van der Waals surface area contributed by atoms with Gasteiger partial charge in [0.25, 0.3) is 0 Å². The second-order valence-corrected chi connectivity index (χ2v) is 13.2. The second kappa shape index (κ2) is 7.19. The van der Waals surface area contributed by atoms with Crippen LogP contribution >= 0.6 is 0 Å². The molecule has 32 heavy (non-hydrogen) atoms. The molecule has 176 valence electrons. The molecule has 6 aliphatic rings. The number of carbonyl (C=O) groups excluding carboxylic acids is 1. The van der Waals surface area contributed by atoms with Crippen LogP contribution in [-0.2, 0) is 9.53 Å². The average Bonchev–Trinajstić information content (AvgIpc) is 3.20. The molecule has 3 saturated carbocycles. The summed E-state index contributed by atoms with van der Waals surface area (Å²) in [7, 11) is 0. The van der Waals surface area contributed by atoms with Crippen LogP contribution in [0.5, 0.6) is 0 Å². The Balaban J connectivity index is 1.31. The molecular formula is C29H44NO2+. The zero-order chi connectivity index (χ0) is 22.4. The fourth-order valence-corrected chi connectivity index (χ4v) is 10.3. The summed E-state index contributed by atoms with van der Waals surface area (Å²) in [5.41, 5.74) is 4.33. The van der Waals surface area contributed by atoms with Crippen LogP contribution in [0.4, 0.5) is 0 Å². The largest absolute Gasteiger partial charge is 0.462 e. The molecule has 0 radical (unpaired) electrons. The van der Waals surface area contributed by atoms with Gasteiger partial charge in [0.05, 0.1) is 5.92 Å². The number of nitrogens with zero attached hydrogens (tertiary/aromatic N) is 1. The highest BCUT2D eigenvalue weighted by molar-refractivity contribution is 5.87. The lowest BCUT2D eigenvalue weighted by molar-refractivity contribution is -0.582. The highest BCUT2D eigenvalue weighted by atomic mass is 16.5. The van der Waals surface area contributed by atoms with Gasteiger partial charge in [0.1, 0.15) is 12.6 Å². The molecule has 0 spiro atoms. The maximum absolute atomic E-state index is 11.5. The molecule has 1 saturated heterocycles. The van der Waals surface area contributed by atoms with E-state index in [1.54, 1.807) is 12.5 Å². The number of ether oxygens (including phenoxy) is 1. The zero-order valence-electron chi connectivity index (χ0n) is 21.0. The molecule has 6 rings (SSSR count). The molecule has 0 amide bonds. The third-order valence-corrected chi connectivity index (χ3v) is 11.7. The Morgan fingerprint density at radius 1 is 1.06 bits per heavy atom. The van der Waals surface area contributed by atoms with E-state index in [2.05, 4.69) is 38.3 Å². The SMILES string of the molecule is CC(=O)O[C@H]1CC[C@@]2(C)C(=CC[C@H]3[C@@H]4CC5=[N+]6C[C@@H](C)CC[C@@H]6[C@@H](C)[C@@H]5[C@@]4(C)CC[C@@H]32)C1. The number of esters is 1. The van der Waals surface area contributed by atoms with Gasteiger partial charge in [-0.1, -0.05) is 39.3 Å². The lowest BCUT2D eigenvalue weighted by Gasteiger charge is -2.58. The minimum Gasteiger partial charge on any atom is -0.462 e. The summed E-state index contributed by atoms with van der Waals surface area (Å²) in [5.74, 6) is 4.95. The van der Waals surface area contributed by atoms with Crippen molar-refractivity contribution < 1.29 is 14.1 Å². The van der Waals surface area contributed by atoms with Gasteiger partial charge in [0.2, 0.25) is 0 Å². The summed E-state index contributed by atoms with van der Waals surface area (Å²) >= 11 is 0. The normalized spacial score (nSPS) is 51.7. The van der Waals surface area contributed by atoms with E-state index in [0.717, 1.165) is 54.4 Å². The Morgan fingerprint density at radius 3 is 2.66 bits per heavy atom. The van der Waals surface area contributed by atoms with Gasteiger partial charge in [-0.15, -0.1) is 0 Å². The van der Waals surface area contributed by atoms with Gasteiger partial charge in [0, 0.05) is 38.0 Å². The van der Waals surface area contributed by atoms with Crippen LogP contribution in [0, 0.1) is 46.3 Å². The summed E-state index contributed by atoms with van der Waals surface area (Å²) in [6.07, 6.45) is 14.2. The molecule has 2 aliphatic heterocycles. The summed E-state index contributed by atoms with van der Waals surface area (Å²) in [6.45, 7) is 13.2. The van der Waals surface area contributed by atoms with E-state index in [1.807, 2.05) is 5.71 Å². The van der Waals surface area contributed by atoms with Crippen molar-refractivity contribution in [3.63, 3.8) is 0 Å². The smallest absolute Gasteiger partial charge is 0.302 e. The summed E-state index contributed by atoms with van der Waals surface area (Å²) in [5, 5.41) is 0. The van der Waals surface area contributed by atoms with E-state index in [9.17, 15) is 4.79 Å². The Hall–Kier alpha value is -1.12. The molecule has 0 bridgehead atoms. The number of rotatable bonds is 1. The van der Waals surface area contributed by atoms with Crippen LogP contribution in [0.15, 0.2) is 11.6 Å². The zero-order valence-corrected chi connectivity index (χ0v) is 21.0. The summed E-state index contributed by atoms with van der Waals surface area (Å²) in [4.78, 5) is 11.5. The minimum atomic E-state index is -0.115. The number of hydrogen-bond acceptors (Lipinski definition) is 2. The molecule has 4 aliphatic carbocycles. The van der Waals surface area contributed by atoms with E-state index in [-0.39, 0.29) is 12.1 Å². The van der Waals surface area contributed by atoms with Crippen molar-refractivity contribution in [2.75, 3.05) is 6.54 Å². The molecule has 0 aromatic carbocycles. The highest BCUT2D eigenvalue weighted by Gasteiger charge is 2.67. The van der Waals surface area contributed by atoms with Crippen molar-refractivity contribution in [1.29, 1.82) is 0 Å². The Bertz CT molecular complexity index is 888. The van der Waals surface area contributed by atoms with E-state index in [0.29, 0.717) is 10.8 Å². The molecule has 3 nitrogen and oxygen atoms in total. The lowest BCUT2D eigenvalue weighted by atomic mass is 9.47. The fraction of sp³-hybridized carbons (Fsp3) is 0.862. The molecule has 10 atom stereocenters. The first-order valence-corrected chi connectivity index (χ1v) is 13.7. The average molecular weight is 439 g/mol. The number of allylic oxidation sites excluding steroid dienone is 1. The molecule has 4 fully saturated rings. The third-order valence-electron chi connectivity index (χ3n) is 11.7. The summed E-state index contributed by atoms with van der Waals surface area (Å²) < 4.78 is 8.57. The number of carbonyl (C=O) groups is 1. The van der Waals surface area contributed by atoms with Gasteiger partial charge < -0.3 is 4.74 Å². The third kappa shape index (κ3) is 2.84. The van der Waals surface area contributed by atoms with Gasteiger partial charge >= 0.3 is 5.97 Å². The van der Waals surface area contributed by atoms with E-state index < -0.39 is 0 Å². The quantitative estimate of drug-likeness (QED) is 0.285. The van der Waals surface area contributed by atoms with Gasteiger partial charge in [0.15, 0.2) is 11.8 Å². The van der Waals surface area contributed by atoms with Crippen molar-refractivity contribution in [3.8, 4) is 0 Å². The van der Waals surface area contributed by atoms with E-state index >= 15 is 0 Å². The molecule has 0 aromatic rings. The molecule has 2 heterocycles. The first-order chi connectivity index (χ1) is 15.2. The van der Waals surface area contributed by atoms with Crippen LogP contribution in [-0.4, -0.2) is 34.9 Å². The topological polar surface area (TPSA) is 29.3 Å². The van der Waals surface area contributed by atoms with Crippen molar-refractivity contribution in [2.45, 2.75) is 105 Å². The molecule has 0 unspecified atom stereocenters. The van der Waals surface area contributed by atoms with Crippen LogP contribution in [0.3, 0.4) is 0 Å². The molecule has 0 aromatic heterocycles. The first kappa shape index (κ1) is 21.4. The highest BCUT2D eigenvalue weighted by Crippen LogP contribution is 2.67. The van der Waals surface area contributed by atoms with Gasteiger partial charge in [-0.05, 0) is 67.1 Å². The molecular weight excluding hydrogens is 394 g/mol. The number of piperidine rings is 1. The maximum Gasteiger partial charge on any atom is 0.302 e. The van der Waals surface area contributed by atoms with Crippen LogP contribution < -0.4 is 0 Å². The van der Waals surface area contributed by atoms with Gasteiger partial charge in [-0.3, -0.25) is 4.79 Å². The van der Waals surface area contributed by atoms with Crippen molar-refractivity contribution in [1.82, 2.24) is 0 Å². The Morgan fingerprint density at radius 2 is 1.88 bits per heavy atom. The summed E-state index contributed by atoms with van der Waals surface area (Å²) in [6, 6.07) is 0.827. The Labute approximate surface area is 195 Å². The van der Waals surface area contributed by atoms with Crippen LogP contribution in [0.2, 0.25) is 0 Å². The fourth-order valence-electron chi connectivity index (χ4n) is 10.3. The van der Waals surface area contributed by atoms with Crippen molar-refractivity contribution >= 4 is 11.7 Å². The first-order valence-electron chi connectivity index (χ1n) is 13.7. The van der Waals surface area contributed by atoms with Crippen molar-refractivity contribution in [2.24, 2.45) is 46.3 Å². The molecule has 0 N–H and O–H groups in total. The van der Waals surface area contributed by atoms with Gasteiger partial charge in [-0.2, -0.15) is 0 Å². The van der Waals surface area contributed by atoms with Gasteiger partial charge in [-0.25, -0.2) is 4.58 Å². The van der Waals surface area contributed by atoms with Crippen LogP contribution in [0.1, 0.15) is 92.4 Å². The van der Waals surface area contributed by atoms with E-state index in [1.165, 1.54) is 51.5 Å². The monoisotopic (exact) mass is 438 g/mol. The minimum absolute atomic E-state index is 0.109. The maximum atomic E-state index is 11.5. The standard InChI is InChI=1S/C29H44NO2/c1-17-6-9-25-18(2)27-26(30(25)16-17)15-24-22-8-7-20-14-21(32-19(3)31)10-12-28(20,4)23(22)11-13-29(24,27)5/h7,17-18,21-25,27H,6,8-16H2,1-5H3/q+1/t17-,18+,21-,22+,23-,24-,25+,27-,28-,29-/m0/s1. The predicted molar refractivity (Wildman–Crippen MR) is 128 cm³/mol. The van der Waals surface area contributed by atoms with E-state index in [4.69, 9.17) is 4.74 Å². The second-order valence-electron chi connectivity index (χ2n) is 13.2.